The van der Waals surface area contributed by atoms with Gasteiger partial charge in [0.15, 0.2) is 6.29 Å². The van der Waals surface area contributed by atoms with E-state index in [1.807, 2.05) is 19.1 Å². The molecule has 0 spiro atoms. The highest BCUT2D eigenvalue weighted by molar-refractivity contribution is 5.75. The Kier molecular flexibility index (Phi) is 8.55. The molecule has 29 heavy (non-hydrogen) atoms. The highest BCUT2D eigenvalue weighted by Gasteiger charge is 2.35. The summed E-state index contributed by atoms with van der Waals surface area (Å²) in [5.74, 6) is 1.55. The van der Waals surface area contributed by atoms with Crippen molar-refractivity contribution in [3.05, 3.63) is 29.3 Å². The van der Waals surface area contributed by atoms with E-state index in [-0.39, 0.29) is 18.2 Å². The van der Waals surface area contributed by atoms with E-state index in [9.17, 15) is 4.79 Å². The molecule has 1 aromatic rings. The lowest BCUT2D eigenvalue weighted by molar-refractivity contribution is -0.230. The minimum Gasteiger partial charge on any atom is -0.426 e. The zero-order chi connectivity index (χ0) is 20.6. The summed E-state index contributed by atoms with van der Waals surface area (Å²) >= 11 is 0. The molecule has 3 rings (SSSR count). The summed E-state index contributed by atoms with van der Waals surface area (Å²) in [6.07, 6.45) is 9.59. The summed E-state index contributed by atoms with van der Waals surface area (Å²) in [7, 11) is 0. The number of aryl methyl sites for hydroxylation is 2. The Morgan fingerprint density at radius 1 is 1.07 bits per heavy atom. The summed E-state index contributed by atoms with van der Waals surface area (Å²) in [4.78, 5) is 12.6. The molecule has 1 aliphatic heterocycles. The predicted octanol–water partition coefficient (Wildman–Crippen LogP) is 5.84. The van der Waals surface area contributed by atoms with Crippen molar-refractivity contribution in [1.29, 1.82) is 0 Å². The average Bonchev–Trinajstić information content (AvgIpc) is 2.76. The van der Waals surface area contributed by atoms with Crippen molar-refractivity contribution in [2.24, 2.45) is 17.8 Å². The largest absolute Gasteiger partial charge is 0.426 e. The molecule has 0 atom stereocenters. The molecule has 0 aromatic heterocycles. The van der Waals surface area contributed by atoms with E-state index in [1.54, 1.807) is 0 Å². The minimum absolute atomic E-state index is 0.0121. The minimum atomic E-state index is -0.0859. The van der Waals surface area contributed by atoms with Gasteiger partial charge in [0.25, 0.3) is 0 Å². The van der Waals surface area contributed by atoms with E-state index < -0.39 is 0 Å². The van der Waals surface area contributed by atoms with Gasteiger partial charge in [0, 0.05) is 11.8 Å². The molecule has 0 N–H and O–H groups in total. The fraction of sp³-hybridized carbons (Fsp3) is 0.720. The van der Waals surface area contributed by atoms with Gasteiger partial charge in [0.1, 0.15) is 5.75 Å². The smallest absolute Gasteiger partial charge is 0.314 e. The van der Waals surface area contributed by atoms with Gasteiger partial charge in [-0.15, -0.1) is 0 Å². The van der Waals surface area contributed by atoms with Gasteiger partial charge in [-0.3, -0.25) is 4.79 Å². The first-order chi connectivity index (χ1) is 14.1. The van der Waals surface area contributed by atoms with Gasteiger partial charge in [-0.25, -0.2) is 0 Å². The first-order valence-electron chi connectivity index (χ1n) is 11.6. The summed E-state index contributed by atoms with van der Waals surface area (Å²) in [6.45, 7) is 8.02. The van der Waals surface area contributed by atoms with Crippen molar-refractivity contribution in [2.75, 3.05) is 13.2 Å². The zero-order valence-corrected chi connectivity index (χ0v) is 18.5. The molecule has 4 heteroatoms. The third-order valence-electron chi connectivity index (χ3n) is 6.56. The maximum absolute atomic E-state index is 12.6. The summed E-state index contributed by atoms with van der Waals surface area (Å²) in [5.41, 5.74) is 2.30. The zero-order valence-electron chi connectivity index (χ0n) is 18.5. The van der Waals surface area contributed by atoms with Gasteiger partial charge in [0.05, 0.1) is 19.1 Å². The lowest BCUT2D eigenvalue weighted by Gasteiger charge is -2.37. The number of hydrogen-bond acceptors (Lipinski definition) is 4. The van der Waals surface area contributed by atoms with Crippen LogP contribution in [0.25, 0.3) is 0 Å². The molecule has 0 unspecified atom stereocenters. The van der Waals surface area contributed by atoms with Gasteiger partial charge in [-0.1, -0.05) is 45.2 Å². The van der Waals surface area contributed by atoms with Crippen molar-refractivity contribution in [3.63, 3.8) is 0 Å². The number of carbonyl (C=O) groups excluding carboxylic acids is 1. The normalized spacial score (nSPS) is 27.6. The first kappa shape index (κ1) is 22.3. The van der Waals surface area contributed by atoms with Crippen LogP contribution in [0.1, 0.15) is 76.3 Å². The Hall–Kier alpha value is -1.39. The van der Waals surface area contributed by atoms with E-state index >= 15 is 0 Å². The van der Waals surface area contributed by atoms with Crippen molar-refractivity contribution in [1.82, 2.24) is 0 Å². The van der Waals surface area contributed by atoms with E-state index in [0.717, 1.165) is 50.9 Å². The van der Waals surface area contributed by atoms with E-state index in [2.05, 4.69) is 19.9 Å². The third-order valence-corrected chi connectivity index (χ3v) is 6.56. The van der Waals surface area contributed by atoms with Gasteiger partial charge in [0.2, 0.25) is 0 Å². The quantitative estimate of drug-likeness (QED) is 0.311. The number of unbranched alkanes of at least 4 members (excludes halogenated alkanes) is 2. The molecule has 1 aromatic carbocycles. The van der Waals surface area contributed by atoms with Crippen LogP contribution in [0.5, 0.6) is 5.75 Å². The van der Waals surface area contributed by atoms with Crippen LogP contribution in [0.3, 0.4) is 0 Å². The van der Waals surface area contributed by atoms with E-state index in [0.29, 0.717) is 17.6 Å². The molecular formula is C25H38O4. The Bertz CT molecular complexity index is 640. The predicted molar refractivity (Wildman–Crippen MR) is 115 cm³/mol. The highest BCUT2D eigenvalue weighted by Crippen LogP contribution is 2.35. The number of carbonyl (C=O) groups is 1. The van der Waals surface area contributed by atoms with Crippen molar-refractivity contribution in [3.8, 4) is 5.75 Å². The maximum Gasteiger partial charge on any atom is 0.314 e. The first-order valence-corrected chi connectivity index (χ1v) is 11.6. The van der Waals surface area contributed by atoms with Gasteiger partial charge in [-0.05, 0) is 62.6 Å². The molecule has 162 valence electrons. The molecule has 1 heterocycles. The van der Waals surface area contributed by atoms with Crippen LogP contribution in [0.4, 0.5) is 0 Å². The Morgan fingerprint density at radius 3 is 2.41 bits per heavy atom. The number of rotatable bonds is 8. The van der Waals surface area contributed by atoms with Gasteiger partial charge >= 0.3 is 5.97 Å². The Labute approximate surface area is 176 Å². The molecule has 2 aliphatic rings. The van der Waals surface area contributed by atoms with Crippen LogP contribution >= 0.6 is 0 Å². The molecule has 2 fully saturated rings. The molecule has 1 saturated heterocycles. The lowest BCUT2D eigenvalue weighted by atomic mass is 9.81. The molecule has 1 aliphatic carbocycles. The lowest BCUT2D eigenvalue weighted by Crippen LogP contribution is -2.39. The van der Waals surface area contributed by atoms with Crippen LogP contribution in [-0.2, 0) is 20.7 Å². The second-order valence-corrected chi connectivity index (χ2v) is 8.88. The summed E-state index contributed by atoms with van der Waals surface area (Å²) in [6, 6.07) is 6.07. The third kappa shape index (κ3) is 6.29. The fourth-order valence-corrected chi connectivity index (χ4v) is 4.54. The van der Waals surface area contributed by atoms with Crippen LogP contribution in [0.2, 0.25) is 0 Å². The van der Waals surface area contributed by atoms with Gasteiger partial charge < -0.3 is 14.2 Å². The summed E-state index contributed by atoms with van der Waals surface area (Å²) < 4.78 is 17.8. The van der Waals surface area contributed by atoms with Crippen LogP contribution < -0.4 is 4.74 Å². The molecular weight excluding hydrogens is 364 g/mol. The molecule has 0 amide bonds. The second-order valence-electron chi connectivity index (χ2n) is 8.88. The number of hydrogen-bond donors (Lipinski definition) is 0. The van der Waals surface area contributed by atoms with Crippen LogP contribution in [0, 0.1) is 24.7 Å². The Balaban J connectivity index is 1.41. The number of ether oxygens (including phenoxy) is 3. The fourth-order valence-electron chi connectivity index (χ4n) is 4.54. The van der Waals surface area contributed by atoms with Crippen molar-refractivity contribution < 1.29 is 19.0 Å². The summed E-state index contributed by atoms with van der Waals surface area (Å²) in [5, 5.41) is 0. The second kappa shape index (κ2) is 11.1. The molecule has 0 bridgehead atoms. The number of benzene rings is 1. The van der Waals surface area contributed by atoms with Crippen LogP contribution in [0.15, 0.2) is 18.2 Å². The monoisotopic (exact) mass is 402 g/mol. The highest BCUT2D eigenvalue weighted by atomic mass is 16.7. The Morgan fingerprint density at radius 2 is 1.79 bits per heavy atom. The SMILES string of the molecule is CCCCCC1COC(C2CCC(C(=O)Oc3ccc(CC)cc3C)CC2)OC1. The van der Waals surface area contributed by atoms with Crippen molar-refractivity contribution in [2.45, 2.75) is 84.8 Å². The van der Waals surface area contributed by atoms with Crippen LogP contribution in [-0.4, -0.2) is 25.5 Å². The van der Waals surface area contributed by atoms with E-state index in [1.165, 1.54) is 31.2 Å². The average molecular weight is 403 g/mol. The molecule has 1 saturated carbocycles. The van der Waals surface area contributed by atoms with Crippen molar-refractivity contribution >= 4 is 5.97 Å². The number of esters is 1. The van der Waals surface area contributed by atoms with Gasteiger partial charge in [-0.2, -0.15) is 0 Å². The standard InChI is InChI=1S/C25H38O4/c1-4-6-7-8-20-16-27-25(28-17-20)22-12-10-21(11-13-22)24(26)29-23-14-9-19(5-2)15-18(23)3/h9,14-15,20-22,25H,4-8,10-13,16-17H2,1-3H3. The molecule has 4 nitrogen and oxygen atoms in total. The van der Waals surface area contributed by atoms with E-state index in [4.69, 9.17) is 14.2 Å². The molecule has 0 radical (unpaired) electrons. The maximum atomic E-state index is 12.6. The topological polar surface area (TPSA) is 44.8 Å².